The smallest absolute Gasteiger partial charge is 0.325 e. The van der Waals surface area contributed by atoms with Crippen molar-refractivity contribution in [2.75, 3.05) is 25.0 Å². The molecule has 60 heavy (non-hydrogen) atoms. The molecular formula is C41H54F2N6O11. The lowest BCUT2D eigenvalue weighted by atomic mass is 9.81. The second kappa shape index (κ2) is 20.2. The Morgan fingerprint density at radius 1 is 0.867 bits per heavy atom. The molecule has 2 aromatic carbocycles. The maximum absolute atomic E-state index is 14.4. The van der Waals surface area contributed by atoms with Crippen LogP contribution in [0, 0.1) is 28.9 Å². The van der Waals surface area contributed by atoms with E-state index in [9.17, 15) is 57.4 Å². The minimum absolute atomic E-state index is 0.0230. The fourth-order valence-electron chi connectivity index (χ4n) is 6.80. The Hall–Kier alpha value is -6.14. The summed E-state index contributed by atoms with van der Waals surface area (Å²) in [5.41, 5.74) is 2.43. The number of halogens is 2. The van der Waals surface area contributed by atoms with E-state index in [1.165, 1.54) is 0 Å². The van der Waals surface area contributed by atoms with Gasteiger partial charge < -0.3 is 35.8 Å². The Labute approximate surface area is 346 Å². The van der Waals surface area contributed by atoms with Crippen LogP contribution in [-0.4, -0.2) is 105 Å². The monoisotopic (exact) mass is 844 g/mol. The van der Waals surface area contributed by atoms with E-state index < -0.39 is 125 Å². The van der Waals surface area contributed by atoms with Gasteiger partial charge in [0.15, 0.2) is 24.0 Å². The van der Waals surface area contributed by atoms with Gasteiger partial charge in [-0.3, -0.25) is 43.8 Å². The first-order valence-corrected chi connectivity index (χ1v) is 19.2. The quantitative estimate of drug-likeness (QED) is 0.113. The van der Waals surface area contributed by atoms with Crippen molar-refractivity contribution in [3.63, 3.8) is 0 Å². The first-order valence-electron chi connectivity index (χ1n) is 19.2. The number of rotatable bonds is 15. The highest BCUT2D eigenvalue weighted by atomic mass is 19.1. The molecule has 3 rings (SSSR count). The van der Waals surface area contributed by atoms with E-state index in [0.717, 1.165) is 23.1 Å². The van der Waals surface area contributed by atoms with Crippen LogP contribution in [0.4, 0.5) is 14.5 Å². The van der Waals surface area contributed by atoms with Crippen molar-refractivity contribution in [2.45, 2.75) is 98.2 Å². The van der Waals surface area contributed by atoms with Crippen molar-refractivity contribution in [2.24, 2.45) is 17.3 Å². The van der Waals surface area contributed by atoms with Gasteiger partial charge in [0, 0.05) is 12.2 Å². The standard InChI is InChI=1S/C41H54F2N6O11/c1-22(2)32(46-35(55)28(18-30(51)52)45-38(58)37(57)44-27-15-10-9-12-24(27)41(6,7)8)39(59)48-17-16-23(19-40(3,4)5)33(48)36(56)47-49(20-31(53)54)29(50)21-60-34-25(42)13-11-14-26(34)43/h9-15,22-23,28,32-33H,16-21H2,1-8H3,(H,44,57)(H,45,58)(H,46,55)(H,47,56)(H,51,52)(H,53,54)/t23-,28+,32?,33+/m1/s1. The molecule has 0 radical (unpaired) electrons. The lowest BCUT2D eigenvalue weighted by Crippen LogP contribution is -2.61. The highest BCUT2D eigenvalue weighted by Gasteiger charge is 2.46. The number of likely N-dealkylation sites (tertiary alicyclic amines) is 1. The van der Waals surface area contributed by atoms with Gasteiger partial charge in [-0.15, -0.1) is 0 Å². The number of aliphatic carboxylic acids is 2. The highest BCUT2D eigenvalue weighted by Crippen LogP contribution is 2.36. The molecule has 4 atom stereocenters. The molecule has 19 heteroatoms. The second-order valence-corrected chi connectivity index (χ2v) is 17.1. The highest BCUT2D eigenvalue weighted by molar-refractivity contribution is 6.40. The van der Waals surface area contributed by atoms with E-state index >= 15 is 0 Å². The van der Waals surface area contributed by atoms with Gasteiger partial charge in [0.05, 0.1) is 6.42 Å². The Morgan fingerprint density at radius 2 is 1.48 bits per heavy atom. The van der Waals surface area contributed by atoms with Gasteiger partial charge in [0.25, 0.3) is 11.8 Å². The van der Waals surface area contributed by atoms with Crippen LogP contribution >= 0.6 is 0 Å². The first kappa shape index (κ1) is 48.2. The summed E-state index contributed by atoms with van der Waals surface area (Å²) in [6, 6.07) is 4.99. The molecular weight excluding hydrogens is 790 g/mol. The maximum atomic E-state index is 14.4. The van der Waals surface area contributed by atoms with E-state index in [2.05, 4.69) is 21.4 Å². The van der Waals surface area contributed by atoms with Crippen LogP contribution in [0.3, 0.4) is 0 Å². The number of carbonyl (C=O) groups excluding carboxylic acids is 6. The third kappa shape index (κ3) is 13.5. The summed E-state index contributed by atoms with van der Waals surface area (Å²) < 4.78 is 33.3. The van der Waals surface area contributed by atoms with E-state index in [4.69, 9.17) is 4.74 Å². The molecule has 17 nitrogen and oxygen atoms in total. The molecule has 1 fully saturated rings. The topological polar surface area (TPSA) is 241 Å². The van der Waals surface area contributed by atoms with Crippen LogP contribution in [-0.2, 0) is 43.8 Å². The van der Waals surface area contributed by atoms with Gasteiger partial charge in [0.1, 0.15) is 24.7 Å². The molecule has 1 saturated heterocycles. The van der Waals surface area contributed by atoms with Gasteiger partial charge in [-0.2, -0.15) is 0 Å². The predicted octanol–water partition coefficient (Wildman–Crippen LogP) is 2.98. The number of para-hydroxylation sites is 2. The molecule has 2 aromatic rings. The third-order valence-electron chi connectivity index (χ3n) is 9.47. The number of nitrogens with zero attached hydrogens (tertiary/aromatic N) is 2. The second-order valence-electron chi connectivity index (χ2n) is 17.1. The fraction of sp³-hybridized carbons (Fsp3) is 0.512. The zero-order valence-electron chi connectivity index (χ0n) is 34.9. The molecule has 6 amide bonds. The Kier molecular flexibility index (Phi) is 16.2. The van der Waals surface area contributed by atoms with E-state index in [0.29, 0.717) is 22.7 Å². The Morgan fingerprint density at radius 3 is 2.03 bits per heavy atom. The molecule has 1 heterocycles. The van der Waals surface area contributed by atoms with Crippen LogP contribution in [0.1, 0.15) is 80.2 Å². The van der Waals surface area contributed by atoms with Gasteiger partial charge in [0.2, 0.25) is 11.8 Å². The molecule has 0 aromatic heterocycles. The Bertz CT molecular complexity index is 1940. The molecule has 1 aliphatic rings. The van der Waals surface area contributed by atoms with Crippen molar-refractivity contribution < 1.29 is 62.1 Å². The maximum Gasteiger partial charge on any atom is 0.325 e. The summed E-state index contributed by atoms with van der Waals surface area (Å²) in [4.78, 5) is 106. The number of carboxylic acid groups (broad SMARTS) is 2. The van der Waals surface area contributed by atoms with Crippen molar-refractivity contribution in [1.29, 1.82) is 0 Å². The van der Waals surface area contributed by atoms with Crippen molar-refractivity contribution in [3.8, 4) is 5.75 Å². The molecule has 0 spiro atoms. The average Bonchev–Trinajstić information content (AvgIpc) is 3.53. The van der Waals surface area contributed by atoms with Crippen molar-refractivity contribution in [1.82, 2.24) is 26.0 Å². The summed E-state index contributed by atoms with van der Waals surface area (Å²) in [5, 5.41) is 26.7. The molecule has 6 N–H and O–H groups in total. The van der Waals surface area contributed by atoms with E-state index in [1.54, 1.807) is 38.1 Å². The largest absolute Gasteiger partial charge is 0.481 e. The minimum atomic E-state index is -1.82. The van der Waals surface area contributed by atoms with Crippen molar-refractivity contribution in [3.05, 3.63) is 59.7 Å². The third-order valence-corrected chi connectivity index (χ3v) is 9.47. The number of benzene rings is 2. The number of amides is 6. The summed E-state index contributed by atoms with van der Waals surface area (Å²) >= 11 is 0. The predicted molar refractivity (Wildman–Crippen MR) is 212 cm³/mol. The van der Waals surface area contributed by atoms with Crippen LogP contribution < -0.4 is 26.1 Å². The summed E-state index contributed by atoms with van der Waals surface area (Å²) in [7, 11) is 0. The van der Waals surface area contributed by atoms with Gasteiger partial charge in [-0.25, -0.2) is 13.8 Å². The number of hydrazine groups is 1. The fourth-order valence-corrected chi connectivity index (χ4v) is 6.80. The lowest BCUT2D eigenvalue weighted by molar-refractivity contribution is -0.154. The zero-order chi connectivity index (χ0) is 45.3. The number of carboxylic acids is 2. The number of hydrogen-bond acceptors (Lipinski definition) is 9. The summed E-state index contributed by atoms with van der Waals surface area (Å²) in [6.45, 7) is 12.3. The van der Waals surface area contributed by atoms with Crippen LogP contribution in [0.2, 0.25) is 0 Å². The zero-order valence-corrected chi connectivity index (χ0v) is 34.9. The minimum Gasteiger partial charge on any atom is -0.481 e. The normalized spacial score (nSPS) is 16.3. The van der Waals surface area contributed by atoms with Gasteiger partial charge in [-0.05, 0) is 59.3 Å². The first-order chi connectivity index (χ1) is 27.8. The summed E-state index contributed by atoms with van der Waals surface area (Å²) in [5.74, 6) is -14.1. The molecule has 1 aliphatic heterocycles. The number of ether oxygens (including phenoxy) is 1. The molecule has 0 aliphatic carbocycles. The van der Waals surface area contributed by atoms with Crippen LogP contribution in [0.25, 0.3) is 0 Å². The number of nitrogens with one attached hydrogen (secondary N) is 4. The number of carbonyl (C=O) groups is 8. The Balaban J connectivity index is 1.86. The van der Waals surface area contributed by atoms with Crippen LogP contribution in [0.15, 0.2) is 42.5 Å². The SMILES string of the molecule is CC(C)C(NC(=O)[C@H](CC(=O)O)NC(=O)C(=O)Nc1ccccc1C(C)(C)C)C(=O)N1CC[C@H](CC(C)(C)C)[C@H]1C(=O)NN(CC(=O)O)C(=O)COc1c(F)cccc1F. The van der Waals surface area contributed by atoms with Crippen molar-refractivity contribution >= 4 is 53.1 Å². The number of hydrogen-bond donors (Lipinski definition) is 6. The van der Waals surface area contributed by atoms with E-state index in [-0.39, 0.29) is 13.0 Å². The lowest BCUT2D eigenvalue weighted by Gasteiger charge is -2.35. The molecule has 328 valence electrons. The molecule has 0 saturated carbocycles. The average molecular weight is 845 g/mol. The number of anilines is 1. The van der Waals surface area contributed by atoms with Gasteiger partial charge in [-0.1, -0.05) is 79.7 Å². The molecule has 1 unspecified atom stereocenters. The van der Waals surface area contributed by atoms with Gasteiger partial charge >= 0.3 is 23.8 Å². The molecule has 0 bridgehead atoms. The van der Waals surface area contributed by atoms with E-state index in [1.807, 2.05) is 41.5 Å². The van der Waals surface area contributed by atoms with Crippen LogP contribution in [0.5, 0.6) is 5.75 Å². The summed E-state index contributed by atoms with van der Waals surface area (Å²) in [6.07, 6.45) is -0.329.